The third-order valence-electron chi connectivity index (χ3n) is 3.61. The normalized spacial score (nSPS) is 10.7. The first-order chi connectivity index (χ1) is 11.0. The van der Waals surface area contributed by atoms with Gasteiger partial charge in [-0.1, -0.05) is 24.3 Å². The van der Waals surface area contributed by atoms with E-state index in [1.165, 1.54) is 11.1 Å². The Morgan fingerprint density at radius 3 is 2.70 bits per heavy atom. The first-order valence-corrected chi connectivity index (χ1v) is 7.28. The maximum Gasteiger partial charge on any atom is 0.261 e. The average Bonchev–Trinajstić information content (AvgIpc) is 3.07. The van der Waals surface area contributed by atoms with Crippen LogP contribution >= 0.6 is 0 Å². The van der Waals surface area contributed by atoms with Crippen LogP contribution in [0.5, 0.6) is 0 Å². The van der Waals surface area contributed by atoms with Crippen LogP contribution in [0.1, 0.15) is 27.2 Å². The maximum absolute atomic E-state index is 12.2. The standard InChI is InChI=1S/C16H18N6O/c1-11-6-4-5-7-13(11)8-22-10-17-16(20-22)18-15(23)14-9-21(3)19-12(14)2/h4-7,9-10H,8H2,1-3H3,(H,18,20,23). The van der Waals surface area contributed by atoms with Gasteiger partial charge in [-0.3, -0.25) is 14.8 Å². The second kappa shape index (κ2) is 6.04. The molecule has 23 heavy (non-hydrogen) atoms. The van der Waals surface area contributed by atoms with Gasteiger partial charge in [0.15, 0.2) is 0 Å². The molecule has 0 unspecified atom stereocenters. The summed E-state index contributed by atoms with van der Waals surface area (Å²) in [6.07, 6.45) is 3.28. The molecule has 0 atom stereocenters. The average molecular weight is 310 g/mol. The Morgan fingerprint density at radius 2 is 2.00 bits per heavy atom. The van der Waals surface area contributed by atoms with Crippen LogP contribution in [0.3, 0.4) is 0 Å². The Labute approximate surface area is 134 Å². The second-order valence-electron chi connectivity index (χ2n) is 5.45. The van der Waals surface area contributed by atoms with Crippen molar-refractivity contribution >= 4 is 11.9 Å². The van der Waals surface area contributed by atoms with E-state index in [0.717, 1.165) is 0 Å². The lowest BCUT2D eigenvalue weighted by Crippen LogP contribution is -2.14. The van der Waals surface area contributed by atoms with E-state index in [1.807, 2.05) is 18.2 Å². The van der Waals surface area contributed by atoms with E-state index in [2.05, 4.69) is 33.5 Å². The Hall–Kier alpha value is -2.96. The molecule has 7 nitrogen and oxygen atoms in total. The van der Waals surface area contributed by atoms with Crippen molar-refractivity contribution < 1.29 is 4.79 Å². The predicted molar refractivity (Wildman–Crippen MR) is 86.2 cm³/mol. The van der Waals surface area contributed by atoms with Crippen molar-refractivity contribution in [2.45, 2.75) is 20.4 Å². The summed E-state index contributed by atoms with van der Waals surface area (Å²) in [5, 5.41) is 11.1. The number of anilines is 1. The molecule has 2 aromatic heterocycles. The monoisotopic (exact) mass is 310 g/mol. The number of rotatable bonds is 4. The minimum Gasteiger partial charge on any atom is -0.289 e. The number of hydrogen-bond acceptors (Lipinski definition) is 4. The zero-order valence-corrected chi connectivity index (χ0v) is 13.3. The number of amides is 1. The highest BCUT2D eigenvalue weighted by molar-refractivity contribution is 6.03. The van der Waals surface area contributed by atoms with Crippen LogP contribution in [0.4, 0.5) is 5.95 Å². The number of carbonyl (C=O) groups is 1. The van der Waals surface area contributed by atoms with Gasteiger partial charge in [0.05, 0.1) is 17.8 Å². The van der Waals surface area contributed by atoms with Gasteiger partial charge in [0.1, 0.15) is 6.33 Å². The molecule has 0 aliphatic rings. The van der Waals surface area contributed by atoms with E-state index in [0.29, 0.717) is 17.8 Å². The molecule has 0 spiro atoms. The zero-order chi connectivity index (χ0) is 16.4. The second-order valence-corrected chi connectivity index (χ2v) is 5.45. The van der Waals surface area contributed by atoms with E-state index in [4.69, 9.17) is 0 Å². The van der Waals surface area contributed by atoms with Crippen molar-refractivity contribution in [3.8, 4) is 0 Å². The lowest BCUT2D eigenvalue weighted by Gasteiger charge is -2.04. The van der Waals surface area contributed by atoms with Crippen molar-refractivity contribution in [3.05, 3.63) is 59.2 Å². The van der Waals surface area contributed by atoms with Gasteiger partial charge in [0.2, 0.25) is 5.95 Å². The van der Waals surface area contributed by atoms with Gasteiger partial charge in [0.25, 0.3) is 5.91 Å². The summed E-state index contributed by atoms with van der Waals surface area (Å²) in [5.41, 5.74) is 3.55. The van der Waals surface area contributed by atoms with Crippen LogP contribution in [0.25, 0.3) is 0 Å². The van der Waals surface area contributed by atoms with Crippen LogP contribution < -0.4 is 5.32 Å². The first-order valence-electron chi connectivity index (χ1n) is 7.28. The van der Waals surface area contributed by atoms with Gasteiger partial charge in [-0.15, -0.1) is 5.10 Å². The molecule has 118 valence electrons. The van der Waals surface area contributed by atoms with Crippen molar-refractivity contribution in [2.24, 2.45) is 7.05 Å². The molecule has 7 heteroatoms. The van der Waals surface area contributed by atoms with Crippen LogP contribution in [0, 0.1) is 13.8 Å². The van der Waals surface area contributed by atoms with Gasteiger partial charge in [-0.2, -0.15) is 5.10 Å². The van der Waals surface area contributed by atoms with Crippen LogP contribution in [0.15, 0.2) is 36.8 Å². The van der Waals surface area contributed by atoms with Crippen LogP contribution in [-0.4, -0.2) is 30.5 Å². The molecule has 0 saturated carbocycles. The van der Waals surface area contributed by atoms with Crippen molar-refractivity contribution in [3.63, 3.8) is 0 Å². The number of nitrogens with one attached hydrogen (secondary N) is 1. The van der Waals surface area contributed by atoms with Crippen LogP contribution in [-0.2, 0) is 13.6 Å². The van der Waals surface area contributed by atoms with E-state index >= 15 is 0 Å². The molecule has 3 aromatic rings. The molecule has 1 amide bonds. The summed E-state index contributed by atoms with van der Waals surface area (Å²) in [5.74, 6) is 0.0241. The molecule has 1 N–H and O–H groups in total. The number of benzene rings is 1. The van der Waals surface area contributed by atoms with Crippen molar-refractivity contribution in [1.29, 1.82) is 0 Å². The summed E-state index contributed by atoms with van der Waals surface area (Å²) in [7, 11) is 1.78. The van der Waals surface area contributed by atoms with E-state index in [9.17, 15) is 4.79 Å². The van der Waals surface area contributed by atoms with Gasteiger partial charge in [-0.25, -0.2) is 9.67 Å². The molecule has 3 rings (SSSR count). The van der Waals surface area contributed by atoms with Crippen molar-refractivity contribution in [1.82, 2.24) is 24.5 Å². The Kier molecular flexibility index (Phi) is 3.92. The topological polar surface area (TPSA) is 77.6 Å². The zero-order valence-electron chi connectivity index (χ0n) is 13.3. The molecule has 0 radical (unpaired) electrons. The number of nitrogens with zero attached hydrogens (tertiary/aromatic N) is 5. The molecule has 1 aromatic carbocycles. The van der Waals surface area contributed by atoms with E-state index < -0.39 is 0 Å². The Morgan fingerprint density at radius 1 is 1.22 bits per heavy atom. The number of aryl methyl sites for hydroxylation is 3. The summed E-state index contributed by atoms with van der Waals surface area (Å²) in [4.78, 5) is 16.4. The summed E-state index contributed by atoms with van der Waals surface area (Å²) in [6, 6.07) is 8.10. The maximum atomic E-state index is 12.2. The molecular formula is C16H18N6O. The molecular weight excluding hydrogens is 292 g/mol. The fraction of sp³-hybridized carbons (Fsp3) is 0.250. The molecule has 0 bridgehead atoms. The lowest BCUT2D eigenvalue weighted by atomic mass is 10.1. The minimum atomic E-state index is -0.260. The highest BCUT2D eigenvalue weighted by Gasteiger charge is 2.14. The highest BCUT2D eigenvalue weighted by Crippen LogP contribution is 2.10. The van der Waals surface area contributed by atoms with Crippen LogP contribution in [0.2, 0.25) is 0 Å². The quantitative estimate of drug-likeness (QED) is 0.798. The van der Waals surface area contributed by atoms with E-state index in [-0.39, 0.29) is 11.9 Å². The minimum absolute atomic E-state index is 0.260. The molecule has 0 saturated heterocycles. The van der Waals surface area contributed by atoms with Crippen molar-refractivity contribution in [2.75, 3.05) is 5.32 Å². The number of carbonyl (C=O) groups excluding carboxylic acids is 1. The smallest absolute Gasteiger partial charge is 0.261 e. The third kappa shape index (κ3) is 3.28. The predicted octanol–water partition coefficient (Wildman–Crippen LogP) is 1.93. The lowest BCUT2D eigenvalue weighted by molar-refractivity contribution is 0.102. The van der Waals surface area contributed by atoms with Gasteiger partial charge in [0, 0.05) is 13.2 Å². The number of aromatic nitrogens is 5. The fourth-order valence-electron chi connectivity index (χ4n) is 2.38. The highest BCUT2D eigenvalue weighted by atomic mass is 16.1. The molecule has 0 aliphatic heterocycles. The fourth-order valence-corrected chi connectivity index (χ4v) is 2.38. The summed E-state index contributed by atoms with van der Waals surface area (Å²) >= 11 is 0. The van der Waals surface area contributed by atoms with Gasteiger partial charge in [-0.05, 0) is 25.0 Å². The summed E-state index contributed by atoms with van der Waals surface area (Å²) in [6.45, 7) is 4.46. The molecule has 0 fully saturated rings. The van der Waals surface area contributed by atoms with Gasteiger partial charge >= 0.3 is 0 Å². The van der Waals surface area contributed by atoms with E-state index in [1.54, 1.807) is 35.9 Å². The molecule has 2 heterocycles. The van der Waals surface area contributed by atoms with Gasteiger partial charge < -0.3 is 0 Å². The Balaban J connectivity index is 1.71. The first kappa shape index (κ1) is 15.0. The number of hydrogen-bond donors (Lipinski definition) is 1. The Bertz CT molecular complexity index is 848. The summed E-state index contributed by atoms with van der Waals surface area (Å²) < 4.78 is 3.31. The molecule has 0 aliphatic carbocycles. The third-order valence-corrected chi connectivity index (χ3v) is 3.61. The largest absolute Gasteiger partial charge is 0.289 e. The SMILES string of the molecule is Cc1ccccc1Cn1cnc(NC(=O)c2cn(C)nc2C)n1.